The van der Waals surface area contributed by atoms with Crippen LogP contribution in [-0.4, -0.2) is 43.3 Å². The van der Waals surface area contributed by atoms with Crippen molar-refractivity contribution in [2.45, 2.75) is 25.1 Å². The largest absolute Gasteiger partial charge is 0.404 e. The summed E-state index contributed by atoms with van der Waals surface area (Å²) in [5.41, 5.74) is 0. The lowest BCUT2D eigenvalue weighted by Gasteiger charge is -2.36. The maximum atomic E-state index is 12.7. The highest BCUT2D eigenvalue weighted by Gasteiger charge is 2.51. The van der Waals surface area contributed by atoms with Gasteiger partial charge in [-0.3, -0.25) is 4.90 Å². The van der Waals surface area contributed by atoms with Crippen molar-refractivity contribution < 1.29 is 13.2 Å². The molecule has 2 rings (SSSR count). The van der Waals surface area contributed by atoms with Gasteiger partial charge in [0.25, 0.3) is 0 Å². The zero-order chi connectivity index (χ0) is 10.2. The lowest BCUT2D eigenvalue weighted by atomic mass is 10.1. The Morgan fingerprint density at radius 1 is 1.14 bits per heavy atom. The van der Waals surface area contributed by atoms with Crippen LogP contribution in [0.4, 0.5) is 13.2 Å². The molecule has 0 aromatic rings. The molecule has 1 saturated carbocycles. The van der Waals surface area contributed by atoms with E-state index in [0.717, 1.165) is 12.8 Å². The minimum atomic E-state index is -4.04. The Hall–Kier alpha value is -0.290. The van der Waals surface area contributed by atoms with Crippen molar-refractivity contribution in [3.8, 4) is 0 Å². The molecule has 14 heavy (non-hydrogen) atoms. The van der Waals surface area contributed by atoms with Crippen molar-refractivity contribution >= 4 is 0 Å². The second kappa shape index (κ2) is 3.70. The van der Waals surface area contributed by atoms with Crippen LogP contribution in [0.3, 0.4) is 0 Å². The number of rotatable bonds is 2. The number of nitrogens with zero attached hydrogens (tertiary/aromatic N) is 1. The topological polar surface area (TPSA) is 15.3 Å². The van der Waals surface area contributed by atoms with E-state index in [0.29, 0.717) is 26.2 Å². The van der Waals surface area contributed by atoms with E-state index in [1.807, 2.05) is 0 Å². The SMILES string of the molecule is FC(F)(F)C(C1CC1)N1CCNCC1. The Morgan fingerprint density at radius 2 is 1.71 bits per heavy atom. The van der Waals surface area contributed by atoms with E-state index < -0.39 is 12.2 Å². The Morgan fingerprint density at radius 3 is 2.14 bits per heavy atom. The van der Waals surface area contributed by atoms with Gasteiger partial charge < -0.3 is 5.32 Å². The summed E-state index contributed by atoms with van der Waals surface area (Å²) in [7, 11) is 0. The van der Waals surface area contributed by atoms with E-state index in [1.54, 1.807) is 4.90 Å². The van der Waals surface area contributed by atoms with Crippen molar-refractivity contribution in [1.82, 2.24) is 10.2 Å². The van der Waals surface area contributed by atoms with Crippen LogP contribution in [0.2, 0.25) is 0 Å². The highest BCUT2D eigenvalue weighted by molar-refractivity contribution is 4.94. The minimum absolute atomic E-state index is 0.131. The third kappa shape index (κ3) is 2.20. The van der Waals surface area contributed by atoms with Crippen LogP contribution >= 0.6 is 0 Å². The molecule has 1 aliphatic heterocycles. The zero-order valence-corrected chi connectivity index (χ0v) is 7.98. The summed E-state index contributed by atoms with van der Waals surface area (Å²) in [5.74, 6) is -0.131. The number of hydrogen-bond donors (Lipinski definition) is 1. The molecule has 0 aromatic heterocycles. The average molecular weight is 208 g/mol. The highest BCUT2D eigenvalue weighted by atomic mass is 19.4. The Labute approximate surface area is 81.5 Å². The lowest BCUT2D eigenvalue weighted by Crippen LogP contribution is -2.54. The molecule has 0 radical (unpaired) electrons. The van der Waals surface area contributed by atoms with Gasteiger partial charge >= 0.3 is 6.18 Å². The molecule has 0 aromatic carbocycles. The standard InChI is InChI=1S/C9H15F3N2/c10-9(11,12)8(7-1-2-7)14-5-3-13-4-6-14/h7-8,13H,1-6H2. The van der Waals surface area contributed by atoms with Crippen molar-refractivity contribution in [3.63, 3.8) is 0 Å². The Balaban J connectivity index is 2.01. The van der Waals surface area contributed by atoms with Crippen molar-refractivity contribution in [1.29, 1.82) is 0 Å². The van der Waals surface area contributed by atoms with Crippen LogP contribution in [0.5, 0.6) is 0 Å². The third-order valence-corrected chi connectivity index (χ3v) is 2.95. The average Bonchev–Trinajstić information content (AvgIpc) is 2.88. The van der Waals surface area contributed by atoms with E-state index in [4.69, 9.17) is 0 Å². The molecule has 0 amide bonds. The summed E-state index contributed by atoms with van der Waals surface area (Å²) < 4.78 is 38.2. The molecule has 0 bridgehead atoms. The maximum absolute atomic E-state index is 12.7. The summed E-state index contributed by atoms with van der Waals surface area (Å²) in [6.45, 7) is 2.42. The van der Waals surface area contributed by atoms with Gasteiger partial charge in [0.1, 0.15) is 6.04 Å². The first-order chi connectivity index (χ1) is 6.59. The van der Waals surface area contributed by atoms with Gasteiger partial charge in [-0.05, 0) is 18.8 Å². The first kappa shape index (κ1) is 10.2. The van der Waals surface area contributed by atoms with E-state index in [-0.39, 0.29) is 5.92 Å². The number of hydrogen-bond acceptors (Lipinski definition) is 2. The van der Waals surface area contributed by atoms with Crippen molar-refractivity contribution in [2.24, 2.45) is 5.92 Å². The number of halogens is 3. The summed E-state index contributed by atoms with van der Waals surface area (Å²) in [4.78, 5) is 1.59. The van der Waals surface area contributed by atoms with Gasteiger partial charge in [0.05, 0.1) is 0 Å². The number of nitrogens with one attached hydrogen (secondary N) is 1. The fourth-order valence-electron chi connectivity index (χ4n) is 2.14. The van der Waals surface area contributed by atoms with Gasteiger partial charge in [-0.25, -0.2) is 0 Å². The first-order valence-electron chi connectivity index (χ1n) is 5.10. The number of alkyl halides is 3. The first-order valence-corrected chi connectivity index (χ1v) is 5.10. The van der Waals surface area contributed by atoms with Crippen LogP contribution in [0.1, 0.15) is 12.8 Å². The summed E-state index contributed by atoms with van der Waals surface area (Å²) >= 11 is 0. The monoisotopic (exact) mass is 208 g/mol. The lowest BCUT2D eigenvalue weighted by molar-refractivity contribution is -0.190. The maximum Gasteiger partial charge on any atom is 0.404 e. The molecule has 2 aliphatic rings. The number of piperazine rings is 1. The molecule has 1 heterocycles. The molecule has 1 aliphatic carbocycles. The van der Waals surface area contributed by atoms with Gasteiger partial charge in [-0.1, -0.05) is 0 Å². The van der Waals surface area contributed by atoms with E-state index in [1.165, 1.54) is 0 Å². The Kier molecular flexibility index (Phi) is 2.70. The molecular weight excluding hydrogens is 193 g/mol. The van der Waals surface area contributed by atoms with Crippen LogP contribution in [0.15, 0.2) is 0 Å². The van der Waals surface area contributed by atoms with Crippen molar-refractivity contribution in [2.75, 3.05) is 26.2 Å². The molecule has 2 nitrogen and oxygen atoms in total. The summed E-state index contributed by atoms with van der Waals surface area (Å²) in [5, 5.41) is 3.07. The van der Waals surface area contributed by atoms with Gasteiger partial charge in [0.15, 0.2) is 0 Å². The van der Waals surface area contributed by atoms with Gasteiger partial charge in [-0.2, -0.15) is 13.2 Å². The van der Waals surface area contributed by atoms with Gasteiger partial charge in [0.2, 0.25) is 0 Å². The second-order valence-electron chi connectivity index (χ2n) is 4.11. The molecule has 1 unspecified atom stereocenters. The molecule has 1 atom stereocenters. The predicted octanol–water partition coefficient (Wildman–Crippen LogP) is 1.23. The molecule has 1 N–H and O–H groups in total. The molecule has 2 fully saturated rings. The van der Waals surface area contributed by atoms with E-state index in [2.05, 4.69) is 5.32 Å². The molecular formula is C9H15F3N2. The van der Waals surface area contributed by atoms with Crippen LogP contribution in [0.25, 0.3) is 0 Å². The summed E-state index contributed by atoms with van der Waals surface area (Å²) in [6.07, 6.45) is -2.55. The smallest absolute Gasteiger partial charge is 0.314 e. The molecule has 0 spiro atoms. The van der Waals surface area contributed by atoms with Crippen LogP contribution < -0.4 is 5.32 Å². The molecule has 1 saturated heterocycles. The van der Waals surface area contributed by atoms with Crippen LogP contribution in [0, 0.1) is 5.92 Å². The van der Waals surface area contributed by atoms with Gasteiger partial charge in [0, 0.05) is 26.2 Å². The van der Waals surface area contributed by atoms with Gasteiger partial charge in [-0.15, -0.1) is 0 Å². The Bertz CT molecular complexity index is 195. The zero-order valence-electron chi connectivity index (χ0n) is 7.98. The fourth-order valence-corrected chi connectivity index (χ4v) is 2.14. The van der Waals surface area contributed by atoms with E-state index >= 15 is 0 Å². The molecule has 82 valence electrons. The third-order valence-electron chi connectivity index (χ3n) is 2.95. The predicted molar refractivity (Wildman–Crippen MR) is 47.0 cm³/mol. The quantitative estimate of drug-likeness (QED) is 0.734. The highest BCUT2D eigenvalue weighted by Crippen LogP contribution is 2.43. The minimum Gasteiger partial charge on any atom is -0.314 e. The fraction of sp³-hybridized carbons (Fsp3) is 1.00. The van der Waals surface area contributed by atoms with Crippen molar-refractivity contribution in [3.05, 3.63) is 0 Å². The normalized spacial score (nSPS) is 27.6. The molecule has 5 heteroatoms. The summed E-state index contributed by atoms with van der Waals surface area (Å²) in [6, 6.07) is -1.18. The van der Waals surface area contributed by atoms with E-state index in [9.17, 15) is 13.2 Å². The second-order valence-corrected chi connectivity index (χ2v) is 4.11. The van der Waals surface area contributed by atoms with Crippen LogP contribution in [-0.2, 0) is 0 Å².